The Labute approximate surface area is 172 Å². The Balaban J connectivity index is 1.52. The number of aromatic amines is 1. The molecule has 4 rings (SSSR count). The maximum atomic E-state index is 12.8. The zero-order chi connectivity index (χ0) is 20.5. The van der Waals surface area contributed by atoms with Crippen LogP contribution in [0.1, 0.15) is 62.4 Å². The molecular weight excluding hydrogens is 392 g/mol. The largest absolute Gasteiger partial charge is 0.467 e. The molecule has 152 valence electrons. The molecule has 9 heteroatoms. The smallest absolute Gasteiger partial charge is 0.339 e. The highest BCUT2D eigenvalue weighted by Crippen LogP contribution is 2.40. The molecule has 3 aromatic rings. The van der Waals surface area contributed by atoms with Crippen LogP contribution in [0, 0.1) is 13.8 Å². The number of methoxy groups -OCH3 is 1. The monoisotopic (exact) mass is 414 g/mol. The van der Waals surface area contributed by atoms with Crippen molar-refractivity contribution < 1.29 is 18.7 Å². The average Bonchev–Trinajstić information content (AvgIpc) is 3.13. The zero-order valence-electron chi connectivity index (χ0n) is 16.5. The first-order valence-corrected chi connectivity index (χ1v) is 10.4. The van der Waals surface area contributed by atoms with Crippen LogP contribution in [0.4, 0.5) is 0 Å². The molecule has 1 N–H and O–H groups in total. The van der Waals surface area contributed by atoms with Gasteiger partial charge in [0.2, 0.25) is 0 Å². The van der Waals surface area contributed by atoms with Gasteiger partial charge in [0.1, 0.15) is 11.6 Å². The lowest BCUT2D eigenvalue weighted by molar-refractivity contribution is 0.0599. The number of carbonyl (C=O) groups is 2. The summed E-state index contributed by atoms with van der Waals surface area (Å²) < 4.78 is 12.3. The molecule has 1 aliphatic rings. The number of rotatable bonds is 8. The highest BCUT2D eigenvalue weighted by Gasteiger charge is 2.31. The number of thioether (sulfide) groups is 1. The molecule has 29 heavy (non-hydrogen) atoms. The minimum Gasteiger partial charge on any atom is -0.467 e. The van der Waals surface area contributed by atoms with Crippen LogP contribution in [0.5, 0.6) is 0 Å². The van der Waals surface area contributed by atoms with Crippen molar-refractivity contribution in [2.45, 2.75) is 44.3 Å². The molecule has 0 aliphatic heterocycles. The molecule has 3 heterocycles. The van der Waals surface area contributed by atoms with Gasteiger partial charge in [-0.3, -0.25) is 9.36 Å². The third-order valence-corrected chi connectivity index (χ3v) is 5.99. The normalized spacial score (nSPS) is 13.6. The fraction of sp³-hybridized carbons (Fsp3) is 0.400. The van der Waals surface area contributed by atoms with Gasteiger partial charge in [0.05, 0.1) is 36.9 Å². The number of hydrogen-bond acceptors (Lipinski definition) is 7. The quantitative estimate of drug-likeness (QED) is 0.342. The lowest BCUT2D eigenvalue weighted by atomic mass is 10.1. The van der Waals surface area contributed by atoms with Crippen molar-refractivity contribution in [3.8, 4) is 0 Å². The number of nitrogens with zero attached hydrogens (tertiary/aromatic N) is 3. The summed E-state index contributed by atoms with van der Waals surface area (Å²) in [5.41, 5.74) is 2.07. The Morgan fingerprint density at radius 2 is 2.14 bits per heavy atom. The Morgan fingerprint density at radius 1 is 1.34 bits per heavy atom. The van der Waals surface area contributed by atoms with E-state index in [1.807, 2.05) is 16.7 Å². The number of carbonyl (C=O) groups excluding carboxylic acids is 2. The van der Waals surface area contributed by atoms with Gasteiger partial charge in [-0.25, -0.2) is 4.79 Å². The van der Waals surface area contributed by atoms with Crippen molar-refractivity contribution >= 4 is 23.5 Å². The summed E-state index contributed by atoms with van der Waals surface area (Å²) in [4.78, 5) is 27.8. The van der Waals surface area contributed by atoms with E-state index in [2.05, 4.69) is 15.2 Å². The number of nitrogens with one attached hydrogen (secondary N) is 1. The van der Waals surface area contributed by atoms with Crippen molar-refractivity contribution in [2.75, 3.05) is 12.9 Å². The van der Waals surface area contributed by atoms with Gasteiger partial charge in [0, 0.05) is 11.6 Å². The molecule has 8 nitrogen and oxygen atoms in total. The van der Waals surface area contributed by atoms with Crippen LogP contribution in [0.25, 0.3) is 0 Å². The van der Waals surface area contributed by atoms with Crippen molar-refractivity contribution in [3.63, 3.8) is 0 Å². The number of ether oxygens (including phenoxy) is 1. The van der Waals surface area contributed by atoms with Gasteiger partial charge in [0.25, 0.3) is 0 Å². The van der Waals surface area contributed by atoms with Crippen LogP contribution in [-0.2, 0) is 11.3 Å². The Hall–Kier alpha value is -2.81. The minimum atomic E-state index is -0.449. The van der Waals surface area contributed by atoms with Crippen LogP contribution in [0.15, 0.2) is 28.0 Å². The maximum absolute atomic E-state index is 12.8. The van der Waals surface area contributed by atoms with E-state index >= 15 is 0 Å². The summed E-state index contributed by atoms with van der Waals surface area (Å²) in [6.07, 6.45) is 3.86. The number of ketones is 1. The van der Waals surface area contributed by atoms with Crippen molar-refractivity contribution in [3.05, 3.63) is 52.5 Å². The van der Waals surface area contributed by atoms with E-state index < -0.39 is 5.97 Å². The molecule has 0 saturated heterocycles. The number of hydrogen-bond donors (Lipinski definition) is 1. The Morgan fingerprint density at radius 3 is 2.79 bits per heavy atom. The fourth-order valence-electron chi connectivity index (χ4n) is 3.40. The van der Waals surface area contributed by atoms with Gasteiger partial charge in [0.15, 0.2) is 10.9 Å². The summed E-state index contributed by atoms with van der Waals surface area (Å²) in [7, 11) is 1.33. The van der Waals surface area contributed by atoms with Crippen LogP contribution >= 0.6 is 11.8 Å². The lowest BCUT2D eigenvalue weighted by Crippen LogP contribution is -2.09. The number of aryl methyl sites for hydroxylation is 1. The third kappa shape index (κ3) is 3.87. The first kappa shape index (κ1) is 19.5. The zero-order valence-corrected chi connectivity index (χ0v) is 17.3. The van der Waals surface area contributed by atoms with Gasteiger partial charge in [-0.15, -0.1) is 10.2 Å². The predicted molar refractivity (Wildman–Crippen MR) is 106 cm³/mol. The van der Waals surface area contributed by atoms with E-state index in [1.54, 1.807) is 20.1 Å². The summed E-state index contributed by atoms with van der Waals surface area (Å²) in [5, 5.41) is 9.34. The number of H-pyrrole nitrogens is 1. The van der Waals surface area contributed by atoms with E-state index in [0.29, 0.717) is 40.1 Å². The molecule has 0 bridgehead atoms. The molecule has 0 radical (unpaired) electrons. The SMILES string of the molecule is COC(=O)c1c(C)[nH]c(C(=O)CSc2nnc(C3CC3)n2Cc2ccco2)c1C. The van der Waals surface area contributed by atoms with Gasteiger partial charge in [-0.05, 0) is 44.4 Å². The molecule has 0 atom stereocenters. The first-order chi connectivity index (χ1) is 14.0. The van der Waals surface area contributed by atoms with Crippen LogP contribution in [0.3, 0.4) is 0 Å². The molecule has 0 aromatic carbocycles. The van der Waals surface area contributed by atoms with Crippen molar-refractivity contribution in [1.82, 2.24) is 19.7 Å². The van der Waals surface area contributed by atoms with Gasteiger partial charge in [-0.1, -0.05) is 11.8 Å². The Kier molecular flexibility index (Phi) is 5.31. The van der Waals surface area contributed by atoms with E-state index in [9.17, 15) is 9.59 Å². The Bertz CT molecular complexity index is 1050. The second kappa shape index (κ2) is 7.90. The number of esters is 1. The molecule has 0 spiro atoms. The van der Waals surface area contributed by atoms with Gasteiger partial charge >= 0.3 is 5.97 Å². The van der Waals surface area contributed by atoms with Crippen LogP contribution in [-0.4, -0.2) is 44.4 Å². The first-order valence-electron chi connectivity index (χ1n) is 9.38. The number of Topliss-reactive ketones (excluding diaryl/α,β-unsaturated/α-hetero) is 1. The average molecular weight is 414 g/mol. The summed E-state index contributed by atoms with van der Waals surface area (Å²) in [6.45, 7) is 4.04. The lowest BCUT2D eigenvalue weighted by Gasteiger charge is -2.08. The predicted octanol–water partition coefficient (Wildman–Crippen LogP) is 3.50. The van der Waals surface area contributed by atoms with E-state index in [-0.39, 0.29) is 11.5 Å². The maximum Gasteiger partial charge on any atom is 0.339 e. The minimum absolute atomic E-state index is 0.105. The third-order valence-electron chi connectivity index (χ3n) is 5.02. The highest BCUT2D eigenvalue weighted by molar-refractivity contribution is 7.99. The second-order valence-corrected chi connectivity index (χ2v) is 8.05. The summed E-state index contributed by atoms with van der Waals surface area (Å²) in [5.74, 6) is 1.82. The summed E-state index contributed by atoms with van der Waals surface area (Å²) >= 11 is 1.34. The molecule has 1 saturated carbocycles. The molecule has 3 aromatic heterocycles. The van der Waals surface area contributed by atoms with Crippen LogP contribution < -0.4 is 0 Å². The van der Waals surface area contributed by atoms with Crippen LogP contribution in [0.2, 0.25) is 0 Å². The van der Waals surface area contributed by atoms with Crippen molar-refractivity contribution in [2.24, 2.45) is 0 Å². The molecule has 0 amide bonds. The fourth-order valence-corrected chi connectivity index (χ4v) is 4.21. The number of aromatic nitrogens is 4. The van der Waals surface area contributed by atoms with Crippen molar-refractivity contribution in [1.29, 1.82) is 0 Å². The molecule has 0 unspecified atom stereocenters. The summed E-state index contributed by atoms with van der Waals surface area (Å²) in [6, 6.07) is 3.76. The van der Waals surface area contributed by atoms with Gasteiger partial charge < -0.3 is 14.1 Å². The molecular formula is C20H22N4O4S. The van der Waals surface area contributed by atoms with E-state index in [1.165, 1.54) is 18.9 Å². The highest BCUT2D eigenvalue weighted by atomic mass is 32.2. The van der Waals surface area contributed by atoms with E-state index in [4.69, 9.17) is 9.15 Å². The van der Waals surface area contributed by atoms with E-state index in [0.717, 1.165) is 24.4 Å². The second-order valence-electron chi connectivity index (χ2n) is 7.11. The molecule has 1 fully saturated rings. The number of furan rings is 1. The topological polar surface area (TPSA) is 103 Å². The standard InChI is InChI=1S/C20H22N4O4S/c1-11-16(19(26)27-3)12(2)21-17(11)15(25)10-29-20-23-22-18(13-6-7-13)24(20)9-14-5-4-8-28-14/h4-5,8,13,21H,6-7,9-10H2,1-3H3. The van der Waals surface area contributed by atoms with Gasteiger partial charge in [-0.2, -0.15) is 0 Å². The molecule has 1 aliphatic carbocycles.